The van der Waals surface area contributed by atoms with Gasteiger partial charge in [-0.3, -0.25) is 19.2 Å². The number of carbonyl (C=O) groups is 4. The number of hydrogen-bond acceptors (Lipinski definition) is 7. The Hall–Kier alpha value is -2.24. The summed E-state index contributed by atoms with van der Waals surface area (Å²) in [5.74, 6) is -1.74. The number of hydrogen-bond donors (Lipinski definition) is 7. The van der Waals surface area contributed by atoms with Crippen LogP contribution in [0.15, 0.2) is 0 Å². The van der Waals surface area contributed by atoms with Crippen LogP contribution in [-0.2, 0) is 19.2 Å². The Morgan fingerprint density at radius 3 is 1.77 bits per heavy atom. The number of aliphatic hydroxyl groups excluding tert-OH is 1. The Labute approximate surface area is 240 Å². The highest BCUT2D eigenvalue weighted by Gasteiger charge is 2.30. The van der Waals surface area contributed by atoms with Crippen molar-refractivity contribution in [1.29, 1.82) is 0 Å². The summed E-state index contributed by atoms with van der Waals surface area (Å²) in [4.78, 5) is 50.6. The van der Waals surface area contributed by atoms with E-state index in [1.807, 2.05) is 0 Å². The summed E-state index contributed by atoms with van der Waals surface area (Å²) in [6.45, 7) is 0.584. The lowest BCUT2D eigenvalue weighted by molar-refractivity contribution is -0.134. The van der Waals surface area contributed by atoms with Crippen LogP contribution in [0.2, 0.25) is 0 Å². The molecular weight excluding hydrogens is 512 g/mol. The molecule has 11 heteroatoms. The predicted molar refractivity (Wildman–Crippen MR) is 157 cm³/mol. The third-order valence-corrected chi connectivity index (χ3v) is 7.73. The van der Waals surface area contributed by atoms with Crippen molar-refractivity contribution in [3.63, 3.8) is 0 Å². The second-order valence-corrected chi connectivity index (χ2v) is 11.2. The maximum atomic E-state index is 13.1. The zero-order valence-corrected chi connectivity index (χ0v) is 24.5. The Kier molecular flexibility index (Phi) is 20.1. The molecule has 0 saturated heterocycles. The van der Waals surface area contributed by atoms with Crippen molar-refractivity contribution in [2.75, 3.05) is 19.7 Å². The summed E-state index contributed by atoms with van der Waals surface area (Å²) in [5.41, 5.74) is 16.7. The third kappa shape index (κ3) is 16.1. The molecule has 40 heavy (non-hydrogen) atoms. The molecule has 1 aliphatic carbocycles. The van der Waals surface area contributed by atoms with Crippen LogP contribution in [0, 0.1) is 5.92 Å². The van der Waals surface area contributed by atoms with E-state index < -0.39 is 42.5 Å². The van der Waals surface area contributed by atoms with Gasteiger partial charge in [0.25, 0.3) is 0 Å². The van der Waals surface area contributed by atoms with Gasteiger partial charge < -0.3 is 38.3 Å². The molecule has 0 aromatic carbocycles. The van der Waals surface area contributed by atoms with Crippen molar-refractivity contribution in [2.24, 2.45) is 23.1 Å². The maximum absolute atomic E-state index is 13.1. The van der Waals surface area contributed by atoms with Gasteiger partial charge in [-0.05, 0) is 57.5 Å². The van der Waals surface area contributed by atoms with Gasteiger partial charge in [-0.25, -0.2) is 0 Å². The smallest absolute Gasteiger partial charge is 0.245 e. The van der Waals surface area contributed by atoms with Crippen molar-refractivity contribution < 1.29 is 24.3 Å². The molecule has 10 N–H and O–H groups in total. The average molecular weight is 569 g/mol. The SMILES string of the molecule is NCCCCCCCCCCC(=O)N[C@@H](CO)C(=O)N[C@@H](CCCCN)C(=O)N[C@@H](CC1CCCCC1)C(N)=O. The van der Waals surface area contributed by atoms with Crippen LogP contribution in [0.1, 0.15) is 116 Å². The Balaban J connectivity index is 2.58. The molecule has 232 valence electrons. The molecule has 4 amide bonds. The molecule has 1 saturated carbocycles. The second kappa shape index (κ2) is 22.4. The van der Waals surface area contributed by atoms with Gasteiger partial charge in [-0.1, -0.05) is 70.6 Å². The molecule has 0 radical (unpaired) electrons. The lowest BCUT2D eigenvalue weighted by Gasteiger charge is -2.27. The monoisotopic (exact) mass is 568 g/mol. The fraction of sp³-hybridized carbons (Fsp3) is 0.862. The van der Waals surface area contributed by atoms with E-state index in [0.29, 0.717) is 44.6 Å². The molecular formula is C29H56N6O5. The van der Waals surface area contributed by atoms with Crippen molar-refractivity contribution in [2.45, 2.75) is 134 Å². The first-order chi connectivity index (χ1) is 19.3. The number of nitrogens with two attached hydrogens (primary N) is 3. The van der Waals surface area contributed by atoms with Crippen molar-refractivity contribution in [3.05, 3.63) is 0 Å². The summed E-state index contributed by atoms with van der Waals surface area (Å²) >= 11 is 0. The van der Waals surface area contributed by atoms with Gasteiger partial charge in [-0.15, -0.1) is 0 Å². The van der Waals surface area contributed by atoms with E-state index >= 15 is 0 Å². The molecule has 0 aliphatic heterocycles. The summed E-state index contributed by atoms with van der Waals surface area (Å²) in [6.07, 6.45) is 16.1. The van der Waals surface area contributed by atoms with Gasteiger partial charge in [0.05, 0.1) is 6.61 Å². The lowest BCUT2D eigenvalue weighted by atomic mass is 9.84. The molecule has 3 atom stereocenters. The molecule has 1 rings (SSSR count). The molecule has 0 heterocycles. The van der Waals surface area contributed by atoms with Crippen LogP contribution in [0.25, 0.3) is 0 Å². The first-order valence-electron chi connectivity index (χ1n) is 15.5. The predicted octanol–water partition coefficient (Wildman–Crippen LogP) is 1.49. The van der Waals surface area contributed by atoms with Gasteiger partial charge in [-0.2, -0.15) is 0 Å². The van der Waals surface area contributed by atoms with Gasteiger partial charge in [0.1, 0.15) is 18.1 Å². The first-order valence-corrected chi connectivity index (χ1v) is 15.5. The molecule has 11 nitrogen and oxygen atoms in total. The summed E-state index contributed by atoms with van der Waals surface area (Å²) in [6, 6.07) is -2.93. The molecule has 1 fully saturated rings. The zero-order valence-electron chi connectivity index (χ0n) is 24.5. The van der Waals surface area contributed by atoms with E-state index in [4.69, 9.17) is 17.2 Å². The minimum atomic E-state index is -1.17. The summed E-state index contributed by atoms with van der Waals surface area (Å²) < 4.78 is 0. The van der Waals surface area contributed by atoms with Gasteiger partial charge in [0, 0.05) is 6.42 Å². The molecule has 0 spiro atoms. The van der Waals surface area contributed by atoms with E-state index in [-0.39, 0.29) is 12.3 Å². The van der Waals surface area contributed by atoms with E-state index in [9.17, 15) is 24.3 Å². The lowest BCUT2D eigenvalue weighted by Crippen LogP contribution is -2.57. The highest BCUT2D eigenvalue weighted by molar-refractivity contribution is 5.94. The fourth-order valence-electron chi connectivity index (χ4n) is 5.26. The minimum absolute atomic E-state index is 0.263. The van der Waals surface area contributed by atoms with Crippen LogP contribution in [-0.4, -0.2) is 66.6 Å². The first kappa shape index (κ1) is 35.8. The number of rotatable bonds is 23. The average Bonchev–Trinajstić information content (AvgIpc) is 2.94. The topological polar surface area (TPSA) is 203 Å². The third-order valence-electron chi connectivity index (χ3n) is 7.73. The number of primary amides is 1. The molecule has 0 bridgehead atoms. The van der Waals surface area contributed by atoms with Crippen LogP contribution >= 0.6 is 0 Å². The van der Waals surface area contributed by atoms with Crippen molar-refractivity contribution in [1.82, 2.24) is 16.0 Å². The quantitative estimate of drug-likeness (QED) is 0.0904. The highest BCUT2D eigenvalue weighted by Crippen LogP contribution is 2.27. The zero-order chi connectivity index (χ0) is 29.6. The number of amides is 4. The fourth-order valence-corrected chi connectivity index (χ4v) is 5.26. The largest absolute Gasteiger partial charge is 0.394 e. The number of nitrogens with one attached hydrogen (secondary N) is 3. The Morgan fingerprint density at radius 1 is 0.675 bits per heavy atom. The van der Waals surface area contributed by atoms with E-state index in [1.165, 1.54) is 19.3 Å². The molecule has 1 aliphatic rings. The maximum Gasteiger partial charge on any atom is 0.245 e. The van der Waals surface area contributed by atoms with E-state index in [2.05, 4.69) is 16.0 Å². The minimum Gasteiger partial charge on any atom is -0.394 e. The van der Waals surface area contributed by atoms with Gasteiger partial charge >= 0.3 is 0 Å². The number of unbranched alkanes of at least 4 members (excludes halogenated alkanes) is 8. The number of aliphatic hydroxyl groups is 1. The van der Waals surface area contributed by atoms with Gasteiger partial charge in [0.2, 0.25) is 23.6 Å². The standard InChI is InChI=1S/C29H56N6O5/c30-18-12-6-4-2-1-3-5-10-17-26(37)33-25(21-36)29(40)34-23(16-11-13-19-31)28(39)35-24(27(32)38)20-22-14-8-7-9-15-22/h22-25,36H,1-21,30-31H2,(H2,32,38)(H,33,37)(H,34,40)(H,35,39)/t23-,24-,25-/m0/s1. The molecule has 0 aromatic rings. The Bertz CT molecular complexity index is 732. The highest BCUT2D eigenvalue weighted by atomic mass is 16.3. The van der Waals surface area contributed by atoms with E-state index in [1.54, 1.807) is 0 Å². The summed E-state index contributed by atoms with van der Waals surface area (Å²) in [7, 11) is 0. The second-order valence-electron chi connectivity index (χ2n) is 11.2. The number of carbonyl (C=O) groups excluding carboxylic acids is 4. The van der Waals surface area contributed by atoms with Crippen LogP contribution in [0.3, 0.4) is 0 Å². The van der Waals surface area contributed by atoms with Crippen LogP contribution in [0.5, 0.6) is 0 Å². The van der Waals surface area contributed by atoms with Crippen molar-refractivity contribution >= 4 is 23.6 Å². The summed E-state index contributed by atoms with van der Waals surface area (Å²) in [5, 5.41) is 17.8. The van der Waals surface area contributed by atoms with E-state index in [0.717, 1.165) is 64.3 Å². The van der Waals surface area contributed by atoms with Crippen LogP contribution < -0.4 is 33.2 Å². The Morgan fingerprint density at radius 2 is 1.20 bits per heavy atom. The normalized spacial score (nSPS) is 16.1. The van der Waals surface area contributed by atoms with Crippen LogP contribution in [0.4, 0.5) is 0 Å². The van der Waals surface area contributed by atoms with Gasteiger partial charge in [0.15, 0.2) is 0 Å². The molecule has 0 aromatic heterocycles. The van der Waals surface area contributed by atoms with Crippen molar-refractivity contribution in [3.8, 4) is 0 Å². The molecule has 0 unspecified atom stereocenters.